The van der Waals surface area contributed by atoms with E-state index in [4.69, 9.17) is 5.11 Å². The molecule has 0 aromatic carbocycles. The largest absolute Gasteiger partial charge is 0.396 e. The zero-order valence-electron chi connectivity index (χ0n) is 14.7. The molecule has 0 saturated carbocycles. The number of hydrogen-bond donors (Lipinski definition) is 2. The quantitative estimate of drug-likeness (QED) is 0.337. The molecule has 3 nitrogen and oxygen atoms in total. The molecule has 0 spiro atoms. The summed E-state index contributed by atoms with van der Waals surface area (Å²) in [4.78, 5) is 0. The third kappa shape index (κ3) is 13.3. The van der Waals surface area contributed by atoms with Gasteiger partial charge < -0.3 is 14.7 Å². The second-order valence-electron chi connectivity index (χ2n) is 6.77. The SMILES string of the molecule is CCCCCCCCCCCC[N+](C)(CCO)CCCO. The highest BCUT2D eigenvalue weighted by atomic mass is 16.3. The van der Waals surface area contributed by atoms with Crippen molar-refractivity contribution in [2.24, 2.45) is 0 Å². The van der Waals surface area contributed by atoms with E-state index in [-0.39, 0.29) is 13.2 Å². The van der Waals surface area contributed by atoms with Crippen LogP contribution in [0.15, 0.2) is 0 Å². The van der Waals surface area contributed by atoms with E-state index in [1.165, 1.54) is 64.2 Å². The summed E-state index contributed by atoms with van der Waals surface area (Å²) in [5.41, 5.74) is 0. The Morgan fingerprint density at radius 1 is 0.571 bits per heavy atom. The van der Waals surface area contributed by atoms with Gasteiger partial charge in [-0.1, -0.05) is 58.3 Å². The lowest BCUT2D eigenvalue weighted by molar-refractivity contribution is -0.910. The summed E-state index contributed by atoms with van der Waals surface area (Å²) in [7, 11) is 2.21. The molecule has 3 heteroatoms. The second kappa shape index (κ2) is 14.8. The molecular formula is C18H40NO2+. The number of aliphatic hydroxyl groups is 2. The van der Waals surface area contributed by atoms with Gasteiger partial charge in [0, 0.05) is 13.0 Å². The van der Waals surface area contributed by atoms with E-state index in [2.05, 4.69) is 14.0 Å². The average Bonchev–Trinajstić information content (AvgIpc) is 2.47. The Kier molecular flexibility index (Phi) is 14.7. The molecule has 0 rings (SSSR count). The Morgan fingerprint density at radius 3 is 1.52 bits per heavy atom. The van der Waals surface area contributed by atoms with Crippen molar-refractivity contribution in [2.45, 2.75) is 77.6 Å². The first-order chi connectivity index (χ1) is 10.2. The zero-order chi connectivity index (χ0) is 15.8. The number of aliphatic hydroxyl groups excluding tert-OH is 2. The summed E-state index contributed by atoms with van der Waals surface area (Å²) in [5.74, 6) is 0. The molecule has 0 fully saturated rings. The lowest BCUT2D eigenvalue weighted by atomic mass is 10.1. The molecule has 0 heterocycles. The van der Waals surface area contributed by atoms with Crippen molar-refractivity contribution >= 4 is 0 Å². The van der Waals surface area contributed by atoms with Crippen LogP contribution in [0.1, 0.15) is 77.6 Å². The Bertz CT molecular complexity index is 211. The molecule has 0 bridgehead atoms. The Labute approximate surface area is 133 Å². The van der Waals surface area contributed by atoms with E-state index < -0.39 is 0 Å². The number of hydrogen-bond acceptors (Lipinski definition) is 2. The minimum atomic E-state index is 0.250. The number of rotatable bonds is 16. The van der Waals surface area contributed by atoms with Crippen molar-refractivity contribution in [1.82, 2.24) is 0 Å². The van der Waals surface area contributed by atoms with Crippen molar-refractivity contribution < 1.29 is 14.7 Å². The predicted octanol–water partition coefficient (Wildman–Crippen LogP) is 3.73. The van der Waals surface area contributed by atoms with Crippen LogP contribution < -0.4 is 0 Å². The molecule has 0 aliphatic carbocycles. The Hall–Kier alpha value is -0.120. The van der Waals surface area contributed by atoms with Crippen molar-refractivity contribution in [3.63, 3.8) is 0 Å². The van der Waals surface area contributed by atoms with Gasteiger partial charge in [-0.3, -0.25) is 0 Å². The van der Waals surface area contributed by atoms with E-state index in [0.717, 1.165) is 30.5 Å². The standard InChI is InChI=1S/C18H40NO2/c1-3-4-5-6-7-8-9-10-11-12-14-19(2,16-18-21)15-13-17-20/h20-21H,3-18H2,1-2H3/q+1. The molecule has 0 saturated heterocycles. The Morgan fingerprint density at radius 2 is 1.05 bits per heavy atom. The summed E-state index contributed by atoms with van der Waals surface area (Å²) in [5, 5.41) is 18.2. The molecule has 21 heavy (non-hydrogen) atoms. The molecule has 0 aromatic heterocycles. The van der Waals surface area contributed by atoms with Gasteiger partial charge in [0.25, 0.3) is 0 Å². The maximum Gasteiger partial charge on any atom is 0.102 e. The zero-order valence-corrected chi connectivity index (χ0v) is 14.7. The second-order valence-corrected chi connectivity index (χ2v) is 6.77. The average molecular weight is 303 g/mol. The van der Waals surface area contributed by atoms with E-state index in [9.17, 15) is 5.11 Å². The molecule has 0 aliphatic rings. The van der Waals surface area contributed by atoms with Crippen LogP contribution in [0.2, 0.25) is 0 Å². The summed E-state index contributed by atoms with van der Waals surface area (Å²) >= 11 is 0. The lowest BCUT2D eigenvalue weighted by Gasteiger charge is -2.34. The summed E-state index contributed by atoms with van der Waals surface area (Å²) in [6.07, 6.45) is 14.5. The minimum Gasteiger partial charge on any atom is -0.396 e. The fourth-order valence-corrected chi connectivity index (χ4v) is 3.01. The van der Waals surface area contributed by atoms with Gasteiger partial charge in [0.05, 0.1) is 26.7 Å². The van der Waals surface area contributed by atoms with Gasteiger partial charge in [-0.05, 0) is 12.8 Å². The fraction of sp³-hybridized carbons (Fsp3) is 1.00. The van der Waals surface area contributed by atoms with Crippen molar-refractivity contribution in [1.29, 1.82) is 0 Å². The molecule has 1 unspecified atom stereocenters. The predicted molar refractivity (Wildman–Crippen MR) is 91.4 cm³/mol. The normalized spacial score (nSPS) is 14.3. The first kappa shape index (κ1) is 20.9. The van der Waals surface area contributed by atoms with Crippen molar-refractivity contribution in [2.75, 3.05) is 39.9 Å². The van der Waals surface area contributed by atoms with Crippen LogP contribution in [0.4, 0.5) is 0 Å². The molecule has 0 aromatic rings. The summed E-state index contributed by atoms with van der Waals surface area (Å²) in [6, 6.07) is 0. The lowest BCUT2D eigenvalue weighted by Crippen LogP contribution is -2.47. The fourth-order valence-electron chi connectivity index (χ4n) is 3.01. The first-order valence-corrected chi connectivity index (χ1v) is 9.24. The molecule has 2 N–H and O–H groups in total. The van der Waals surface area contributed by atoms with E-state index in [0.29, 0.717) is 0 Å². The molecule has 1 atom stereocenters. The maximum absolute atomic E-state index is 9.18. The van der Waals surface area contributed by atoms with Gasteiger partial charge in [0.2, 0.25) is 0 Å². The van der Waals surface area contributed by atoms with E-state index >= 15 is 0 Å². The minimum absolute atomic E-state index is 0.250. The van der Waals surface area contributed by atoms with Crippen molar-refractivity contribution in [3.05, 3.63) is 0 Å². The van der Waals surface area contributed by atoms with Gasteiger partial charge in [0.15, 0.2) is 0 Å². The monoisotopic (exact) mass is 302 g/mol. The third-order valence-electron chi connectivity index (χ3n) is 4.55. The van der Waals surface area contributed by atoms with Crippen LogP contribution in [0, 0.1) is 0 Å². The van der Waals surface area contributed by atoms with Crippen LogP contribution in [0.25, 0.3) is 0 Å². The highest BCUT2D eigenvalue weighted by Crippen LogP contribution is 2.12. The molecular weight excluding hydrogens is 262 g/mol. The van der Waals surface area contributed by atoms with Gasteiger partial charge in [0.1, 0.15) is 6.54 Å². The van der Waals surface area contributed by atoms with Crippen LogP contribution in [-0.2, 0) is 0 Å². The smallest absolute Gasteiger partial charge is 0.102 e. The van der Waals surface area contributed by atoms with Gasteiger partial charge >= 0.3 is 0 Å². The Balaban J connectivity index is 3.49. The van der Waals surface area contributed by atoms with Gasteiger partial charge in [-0.15, -0.1) is 0 Å². The van der Waals surface area contributed by atoms with Gasteiger partial charge in [-0.2, -0.15) is 0 Å². The number of quaternary nitrogens is 1. The van der Waals surface area contributed by atoms with Crippen LogP contribution >= 0.6 is 0 Å². The van der Waals surface area contributed by atoms with Crippen LogP contribution in [0.3, 0.4) is 0 Å². The maximum atomic E-state index is 9.18. The molecule has 0 amide bonds. The number of nitrogens with zero attached hydrogens (tertiary/aromatic N) is 1. The molecule has 0 radical (unpaired) electrons. The van der Waals surface area contributed by atoms with E-state index in [1.807, 2.05) is 0 Å². The van der Waals surface area contributed by atoms with Crippen LogP contribution in [0.5, 0.6) is 0 Å². The topological polar surface area (TPSA) is 40.5 Å². The highest BCUT2D eigenvalue weighted by Gasteiger charge is 2.19. The summed E-state index contributed by atoms with van der Waals surface area (Å²) in [6.45, 7) is 5.71. The van der Waals surface area contributed by atoms with Crippen LogP contribution in [-0.4, -0.2) is 54.6 Å². The first-order valence-electron chi connectivity index (χ1n) is 9.24. The number of unbranched alkanes of at least 4 members (excludes halogenated alkanes) is 9. The molecule has 0 aliphatic heterocycles. The van der Waals surface area contributed by atoms with Gasteiger partial charge in [-0.25, -0.2) is 0 Å². The number of likely N-dealkylation sites (N-methyl/N-ethyl adjacent to an activating group) is 1. The molecule has 128 valence electrons. The van der Waals surface area contributed by atoms with E-state index in [1.54, 1.807) is 0 Å². The van der Waals surface area contributed by atoms with Crippen molar-refractivity contribution in [3.8, 4) is 0 Å². The summed E-state index contributed by atoms with van der Waals surface area (Å²) < 4.78 is 0.911. The third-order valence-corrected chi connectivity index (χ3v) is 4.55. The highest BCUT2D eigenvalue weighted by molar-refractivity contribution is 4.49.